The first-order chi connectivity index (χ1) is 9.66. The molecule has 0 saturated carbocycles. The van der Waals surface area contributed by atoms with Crippen molar-refractivity contribution in [1.29, 1.82) is 0 Å². The Kier molecular flexibility index (Phi) is 4.44. The number of aliphatic carboxylic acids is 1. The van der Waals surface area contributed by atoms with Crippen LogP contribution in [-0.4, -0.2) is 16.9 Å². The highest BCUT2D eigenvalue weighted by Gasteiger charge is 2.17. The number of amides is 1. The van der Waals surface area contributed by atoms with Crippen molar-refractivity contribution in [2.75, 3.05) is 5.32 Å². The highest BCUT2D eigenvalue weighted by atomic mass is 16.4. The minimum absolute atomic E-state index is 0.179. The molecule has 0 radical (unpaired) electrons. The van der Waals surface area contributed by atoms with Gasteiger partial charge in [-0.2, -0.15) is 0 Å². The number of benzene rings is 1. The second-order valence-electron chi connectivity index (χ2n) is 4.28. The number of rotatable bonds is 5. The molecule has 0 aliphatic carbocycles. The van der Waals surface area contributed by atoms with Gasteiger partial charge in [-0.3, -0.25) is 9.78 Å². The van der Waals surface area contributed by atoms with Gasteiger partial charge in [0.15, 0.2) is 0 Å². The van der Waals surface area contributed by atoms with E-state index < -0.39 is 17.8 Å². The van der Waals surface area contributed by atoms with E-state index >= 15 is 0 Å². The SMILES string of the molecule is O=C(C[C@H](C(=O)[O-])c1ccccc1)Nc1cccnc1. The van der Waals surface area contributed by atoms with Crippen molar-refractivity contribution in [1.82, 2.24) is 4.98 Å². The van der Waals surface area contributed by atoms with Crippen LogP contribution in [0.15, 0.2) is 54.9 Å². The van der Waals surface area contributed by atoms with Gasteiger partial charge in [-0.05, 0) is 17.7 Å². The van der Waals surface area contributed by atoms with Gasteiger partial charge in [0.2, 0.25) is 5.91 Å². The van der Waals surface area contributed by atoms with Gasteiger partial charge in [-0.15, -0.1) is 0 Å². The Balaban J connectivity index is 2.06. The number of carboxylic acids is 1. The van der Waals surface area contributed by atoms with Crippen molar-refractivity contribution >= 4 is 17.6 Å². The number of carbonyl (C=O) groups excluding carboxylic acids is 2. The number of carbonyl (C=O) groups is 2. The van der Waals surface area contributed by atoms with Crippen molar-refractivity contribution < 1.29 is 14.7 Å². The minimum Gasteiger partial charge on any atom is -0.549 e. The van der Waals surface area contributed by atoms with Crippen molar-refractivity contribution in [2.45, 2.75) is 12.3 Å². The van der Waals surface area contributed by atoms with Gasteiger partial charge < -0.3 is 15.2 Å². The Morgan fingerprint density at radius 1 is 1.15 bits per heavy atom. The summed E-state index contributed by atoms with van der Waals surface area (Å²) in [5.74, 6) is -2.62. The van der Waals surface area contributed by atoms with Crippen LogP contribution >= 0.6 is 0 Å². The van der Waals surface area contributed by atoms with E-state index in [2.05, 4.69) is 10.3 Å². The molecule has 1 N–H and O–H groups in total. The standard InChI is InChI=1S/C15H14N2O3/c18-14(17-12-7-4-8-16-10-12)9-13(15(19)20)11-5-2-1-3-6-11/h1-8,10,13H,9H2,(H,17,18)(H,19,20)/p-1/t13-/m0/s1. The predicted molar refractivity (Wildman–Crippen MR) is 71.7 cm³/mol. The maximum atomic E-state index is 11.9. The van der Waals surface area contributed by atoms with Gasteiger partial charge in [-0.1, -0.05) is 30.3 Å². The molecule has 102 valence electrons. The van der Waals surface area contributed by atoms with Gasteiger partial charge in [0.1, 0.15) is 0 Å². The van der Waals surface area contributed by atoms with E-state index in [1.165, 1.54) is 6.20 Å². The van der Waals surface area contributed by atoms with Crippen LogP contribution in [-0.2, 0) is 9.59 Å². The van der Waals surface area contributed by atoms with Gasteiger partial charge in [-0.25, -0.2) is 0 Å². The molecule has 1 aromatic carbocycles. The number of hydrogen-bond donors (Lipinski definition) is 1. The van der Waals surface area contributed by atoms with E-state index in [0.29, 0.717) is 11.3 Å². The summed E-state index contributed by atoms with van der Waals surface area (Å²) in [6.07, 6.45) is 2.90. The molecule has 0 saturated heterocycles. The monoisotopic (exact) mass is 269 g/mol. The van der Waals surface area contributed by atoms with Crippen LogP contribution in [0.5, 0.6) is 0 Å². The van der Waals surface area contributed by atoms with Crippen molar-refractivity contribution in [3.63, 3.8) is 0 Å². The third-order valence-electron chi connectivity index (χ3n) is 2.82. The van der Waals surface area contributed by atoms with E-state index in [-0.39, 0.29) is 6.42 Å². The summed E-state index contributed by atoms with van der Waals surface area (Å²) in [7, 11) is 0. The lowest BCUT2D eigenvalue weighted by molar-refractivity contribution is -0.308. The fourth-order valence-corrected chi connectivity index (χ4v) is 1.86. The summed E-state index contributed by atoms with van der Waals surface area (Å²) in [6.45, 7) is 0. The predicted octanol–water partition coefficient (Wildman–Crippen LogP) is 0.944. The summed E-state index contributed by atoms with van der Waals surface area (Å²) in [6, 6.07) is 11.9. The fourth-order valence-electron chi connectivity index (χ4n) is 1.86. The lowest BCUT2D eigenvalue weighted by atomic mass is 9.95. The molecule has 0 unspecified atom stereocenters. The van der Waals surface area contributed by atoms with Gasteiger partial charge in [0, 0.05) is 24.5 Å². The highest BCUT2D eigenvalue weighted by molar-refractivity contribution is 5.94. The molecule has 1 aromatic heterocycles. The van der Waals surface area contributed by atoms with Gasteiger partial charge >= 0.3 is 0 Å². The summed E-state index contributed by atoms with van der Waals surface area (Å²) >= 11 is 0. The molecule has 1 heterocycles. The first kappa shape index (κ1) is 13.7. The molecule has 2 rings (SSSR count). The topological polar surface area (TPSA) is 82.1 Å². The molecule has 5 heteroatoms. The Bertz CT molecular complexity index is 585. The smallest absolute Gasteiger partial charge is 0.225 e. The maximum Gasteiger partial charge on any atom is 0.225 e. The van der Waals surface area contributed by atoms with Crippen molar-refractivity contribution in [3.05, 3.63) is 60.4 Å². The van der Waals surface area contributed by atoms with Crippen LogP contribution in [0, 0.1) is 0 Å². The average molecular weight is 269 g/mol. The molecular weight excluding hydrogens is 256 g/mol. The summed E-state index contributed by atoms with van der Waals surface area (Å²) in [4.78, 5) is 26.9. The maximum absolute atomic E-state index is 11.9. The molecule has 2 aromatic rings. The molecule has 1 atom stereocenters. The van der Waals surface area contributed by atoms with Crippen LogP contribution in [0.25, 0.3) is 0 Å². The lowest BCUT2D eigenvalue weighted by Crippen LogP contribution is -2.32. The average Bonchev–Trinajstić information content (AvgIpc) is 2.46. The summed E-state index contributed by atoms with van der Waals surface area (Å²) in [5, 5.41) is 13.8. The molecule has 0 fully saturated rings. The zero-order chi connectivity index (χ0) is 14.4. The molecule has 5 nitrogen and oxygen atoms in total. The van der Waals surface area contributed by atoms with Crippen LogP contribution in [0.2, 0.25) is 0 Å². The number of pyridine rings is 1. The third kappa shape index (κ3) is 3.65. The summed E-state index contributed by atoms with van der Waals surface area (Å²) in [5.41, 5.74) is 1.08. The molecule has 0 aliphatic heterocycles. The number of anilines is 1. The summed E-state index contributed by atoms with van der Waals surface area (Å²) < 4.78 is 0. The Labute approximate surface area is 116 Å². The minimum atomic E-state index is -1.27. The number of nitrogens with zero attached hydrogens (tertiary/aromatic N) is 1. The number of carboxylic acid groups (broad SMARTS) is 1. The van der Waals surface area contributed by atoms with Crippen LogP contribution in [0.4, 0.5) is 5.69 Å². The van der Waals surface area contributed by atoms with E-state index in [1.54, 1.807) is 48.7 Å². The van der Waals surface area contributed by atoms with Crippen LogP contribution in [0.3, 0.4) is 0 Å². The van der Waals surface area contributed by atoms with Crippen LogP contribution in [0.1, 0.15) is 17.9 Å². The molecular formula is C15H13N2O3-. The van der Waals surface area contributed by atoms with E-state index in [1.807, 2.05) is 0 Å². The Hall–Kier alpha value is -2.69. The molecule has 0 spiro atoms. The fraction of sp³-hybridized carbons (Fsp3) is 0.133. The Morgan fingerprint density at radius 3 is 2.50 bits per heavy atom. The lowest BCUT2D eigenvalue weighted by Gasteiger charge is -2.18. The van der Waals surface area contributed by atoms with E-state index in [4.69, 9.17) is 0 Å². The van der Waals surface area contributed by atoms with Gasteiger partial charge in [0.05, 0.1) is 11.9 Å². The van der Waals surface area contributed by atoms with E-state index in [9.17, 15) is 14.7 Å². The normalized spacial score (nSPS) is 11.6. The zero-order valence-corrected chi connectivity index (χ0v) is 10.7. The molecule has 0 aliphatic rings. The quantitative estimate of drug-likeness (QED) is 0.875. The number of nitrogens with one attached hydrogen (secondary N) is 1. The molecule has 20 heavy (non-hydrogen) atoms. The zero-order valence-electron chi connectivity index (χ0n) is 10.7. The first-order valence-corrected chi connectivity index (χ1v) is 6.12. The second-order valence-corrected chi connectivity index (χ2v) is 4.28. The highest BCUT2D eigenvalue weighted by Crippen LogP contribution is 2.19. The molecule has 0 bridgehead atoms. The van der Waals surface area contributed by atoms with Crippen molar-refractivity contribution in [2.24, 2.45) is 0 Å². The Morgan fingerprint density at radius 2 is 1.90 bits per heavy atom. The largest absolute Gasteiger partial charge is 0.549 e. The number of hydrogen-bond acceptors (Lipinski definition) is 4. The van der Waals surface area contributed by atoms with Gasteiger partial charge in [0.25, 0.3) is 0 Å². The number of aromatic nitrogens is 1. The van der Waals surface area contributed by atoms with Crippen LogP contribution < -0.4 is 10.4 Å². The van der Waals surface area contributed by atoms with E-state index in [0.717, 1.165) is 0 Å². The molecule has 1 amide bonds. The van der Waals surface area contributed by atoms with Crippen molar-refractivity contribution in [3.8, 4) is 0 Å². The first-order valence-electron chi connectivity index (χ1n) is 6.12. The second kappa shape index (κ2) is 6.47. The third-order valence-corrected chi connectivity index (χ3v) is 2.82.